The molecule has 2 heteroatoms. The van der Waals surface area contributed by atoms with Gasteiger partial charge in [0.15, 0.2) is 0 Å². The highest BCUT2D eigenvalue weighted by molar-refractivity contribution is 5.71. The van der Waals surface area contributed by atoms with Crippen molar-refractivity contribution < 1.29 is 4.74 Å². The van der Waals surface area contributed by atoms with E-state index in [2.05, 4.69) is 50.2 Å². The van der Waals surface area contributed by atoms with Crippen molar-refractivity contribution in [2.24, 2.45) is 0 Å². The largest absolute Gasteiger partial charge is 0.457 e. The Morgan fingerprint density at radius 3 is 2.00 bits per heavy atom. The van der Waals surface area contributed by atoms with Gasteiger partial charge in [-0.3, -0.25) is 0 Å². The van der Waals surface area contributed by atoms with Gasteiger partial charge < -0.3 is 10.5 Å². The minimum atomic E-state index is 0.735. The minimum Gasteiger partial charge on any atom is -0.457 e. The van der Waals surface area contributed by atoms with Gasteiger partial charge in [0.05, 0.1) is 0 Å². The Hall–Kier alpha value is -2.74. The van der Waals surface area contributed by atoms with Crippen molar-refractivity contribution in [1.29, 1.82) is 0 Å². The summed E-state index contributed by atoms with van der Waals surface area (Å²) >= 11 is 0. The highest BCUT2D eigenvalue weighted by Gasteiger charge is 2.06. The van der Waals surface area contributed by atoms with Crippen LogP contribution in [0.4, 0.5) is 5.69 Å². The molecule has 0 heterocycles. The number of anilines is 1. The fourth-order valence-electron chi connectivity index (χ4n) is 2.55. The molecular weight excluding hydrogens is 270 g/mol. The Bertz CT molecular complexity index is 791. The predicted molar refractivity (Wildman–Crippen MR) is 92.3 cm³/mol. The Morgan fingerprint density at radius 2 is 1.32 bits per heavy atom. The van der Waals surface area contributed by atoms with Gasteiger partial charge in [-0.2, -0.15) is 0 Å². The third kappa shape index (κ3) is 2.96. The number of nitrogen functional groups attached to an aromatic ring is 1. The number of hydrogen-bond acceptors (Lipinski definition) is 2. The molecule has 2 N–H and O–H groups in total. The Balaban J connectivity index is 1.89. The highest BCUT2D eigenvalue weighted by Crippen LogP contribution is 2.31. The summed E-state index contributed by atoms with van der Waals surface area (Å²) in [6.07, 6.45) is 0. The molecule has 110 valence electrons. The quantitative estimate of drug-likeness (QED) is 0.660. The maximum atomic E-state index is 5.88. The van der Waals surface area contributed by atoms with Crippen molar-refractivity contribution >= 4 is 5.69 Å². The Kier molecular flexibility index (Phi) is 3.84. The predicted octanol–water partition coefficient (Wildman–Crippen LogP) is 5.34. The zero-order valence-electron chi connectivity index (χ0n) is 12.8. The first kappa shape index (κ1) is 14.2. The maximum Gasteiger partial charge on any atom is 0.127 e. The SMILES string of the molecule is Cc1ccccc1-c1ccc(Oc2ccc(N)cc2)cc1C. The van der Waals surface area contributed by atoms with Gasteiger partial charge in [0.1, 0.15) is 11.5 Å². The normalized spacial score (nSPS) is 10.5. The summed E-state index contributed by atoms with van der Waals surface area (Å²) in [5.74, 6) is 1.62. The molecule has 2 nitrogen and oxygen atoms in total. The summed E-state index contributed by atoms with van der Waals surface area (Å²) < 4.78 is 5.88. The lowest BCUT2D eigenvalue weighted by atomic mass is 9.96. The van der Waals surface area contributed by atoms with Gasteiger partial charge in [-0.1, -0.05) is 30.3 Å². The standard InChI is InChI=1S/C20H19NO/c1-14-5-3-4-6-19(14)20-12-11-18(13-15(20)2)22-17-9-7-16(21)8-10-17/h3-13H,21H2,1-2H3. The molecule has 22 heavy (non-hydrogen) atoms. The van der Waals surface area contributed by atoms with E-state index in [-0.39, 0.29) is 0 Å². The van der Waals surface area contributed by atoms with Crippen LogP contribution in [0.5, 0.6) is 11.5 Å². The van der Waals surface area contributed by atoms with Crippen LogP contribution in [0.1, 0.15) is 11.1 Å². The van der Waals surface area contributed by atoms with E-state index < -0.39 is 0 Å². The molecule has 0 saturated heterocycles. The van der Waals surface area contributed by atoms with E-state index in [1.165, 1.54) is 22.3 Å². The van der Waals surface area contributed by atoms with Crippen LogP contribution in [-0.2, 0) is 0 Å². The summed E-state index contributed by atoms with van der Waals surface area (Å²) in [5, 5.41) is 0. The monoisotopic (exact) mass is 289 g/mol. The second-order valence-corrected chi connectivity index (χ2v) is 5.46. The topological polar surface area (TPSA) is 35.2 Å². The molecule has 0 saturated carbocycles. The molecule has 0 radical (unpaired) electrons. The van der Waals surface area contributed by atoms with Crippen LogP contribution >= 0.6 is 0 Å². The maximum absolute atomic E-state index is 5.88. The first-order chi connectivity index (χ1) is 10.6. The minimum absolute atomic E-state index is 0.735. The van der Waals surface area contributed by atoms with Gasteiger partial charge in [-0.25, -0.2) is 0 Å². The molecule has 0 bridgehead atoms. The molecule has 0 aliphatic heterocycles. The first-order valence-corrected chi connectivity index (χ1v) is 7.33. The molecule has 0 aliphatic rings. The van der Waals surface area contributed by atoms with Crippen molar-refractivity contribution in [3.63, 3.8) is 0 Å². The average molecular weight is 289 g/mol. The van der Waals surface area contributed by atoms with Crippen molar-refractivity contribution in [2.45, 2.75) is 13.8 Å². The molecule has 0 amide bonds. The van der Waals surface area contributed by atoms with Crippen LogP contribution in [0.3, 0.4) is 0 Å². The third-order valence-electron chi connectivity index (χ3n) is 3.75. The highest BCUT2D eigenvalue weighted by atomic mass is 16.5. The van der Waals surface area contributed by atoms with Gasteiger partial charge in [0.25, 0.3) is 0 Å². The molecule has 0 aromatic heterocycles. The lowest BCUT2D eigenvalue weighted by molar-refractivity contribution is 0.482. The zero-order valence-corrected chi connectivity index (χ0v) is 12.8. The van der Waals surface area contributed by atoms with Gasteiger partial charge in [0.2, 0.25) is 0 Å². The number of benzene rings is 3. The van der Waals surface area contributed by atoms with E-state index in [9.17, 15) is 0 Å². The molecule has 0 fully saturated rings. The number of ether oxygens (including phenoxy) is 1. The summed E-state index contributed by atoms with van der Waals surface area (Å²) in [7, 11) is 0. The fourth-order valence-corrected chi connectivity index (χ4v) is 2.55. The summed E-state index contributed by atoms with van der Waals surface area (Å²) in [6.45, 7) is 4.24. The Morgan fingerprint density at radius 1 is 0.682 bits per heavy atom. The molecule has 3 aromatic carbocycles. The van der Waals surface area contributed by atoms with Gasteiger partial charge >= 0.3 is 0 Å². The fraction of sp³-hybridized carbons (Fsp3) is 0.100. The average Bonchev–Trinajstić information content (AvgIpc) is 2.51. The summed E-state index contributed by atoms with van der Waals surface area (Å²) in [4.78, 5) is 0. The Labute approximate surface area is 131 Å². The number of rotatable bonds is 3. The summed E-state index contributed by atoms with van der Waals surface area (Å²) in [5.41, 5.74) is 11.4. The van der Waals surface area contributed by atoms with Crippen molar-refractivity contribution in [2.75, 3.05) is 5.73 Å². The van der Waals surface area contributed by atoms with E-state index in [0.717, 1.165) is 17.2 Å². The van der Waals surface area contributed by atoms with Crippen LogP contribution in [0.2, 0.25) is 0 Å². The van der Waals surface area contributed by atoms with Gasteiger partial charge in [-0.15, -0.1) is 0 Å². The second kappa shape index (κ2) is 5.94. The molecule has 0 unspecified atom stereocenters. The van der Waals surface area contributed by atoms with Crippen LogP contribution in [0, 0.1) is 13.8 Å². The summed E-state index contributed by atoms with van der Waals surface area (Å²) in [6, 6.07) is 22.0. The molecule has 0 aliphatic carbocycles. The number of aryl methyl sites for hydroxylation is 2. The molecule has 0 spiro atoms. The van der Waals surface area contributed by atoms with E-state index in [1.807, 2.05) is 30.3 Å². The van der Waals surface area contributed by atoms with Crippen molar-refractivity contribution in [3.8, 4) is 22.6 Å². The zero-order chi connectivity index (χ0) is 15.5. The lowest BCUT2D eigenvalue weighted by Crippen LogP contribution is -1.90. The van der Waals surface area contributed by atoms with E-state index in [4.69, 9.17) is 10.5 Å². The third-order valence-corrected chi connectivity index (χ3v) is 3.75. The number of nitrogens with two attached hydrogens (primary N) is 1. The van der Waals surface area contributed by atoms with Crippen LogP contribution in [0.25, 0.3) is 11.1 Å². The van der Waals surface area contributed by atoms with E-state index in [1.54, 1.807) is 0 Å². The van der Waals surface area contributed by atoms with Gasteiger partial charge in [0, 0.05) is 5.69 Å². The second-order valence-electron chi connectivity index (χ2n) is 5.46. The van der Waals surface area contributed by atoms with Crippen molar-refractivity contribution in [3.05, 3.63) is 77.9 Å². The van der Waals surface area contributed by atoms with Crippen molar-refractivity contribution in [1.82, 2.24) is 0 Å². The molecule has 0 atom stereocenters. The molecule has 3 rings (SSSR count). The number of hydrogen-bond donors (Lipinski definition) is 1. The van der Waals surface area contributed by atoms with Gasteiger partial charge in [-0.05, 0) is 72.5 Å². The smallest absolute Gasteiger partial charge is 0.127 e. The lowest BCUT2D eigenvalue weighted by Gasteiger charge is -2.12. The molecule has 3 aromatic rings. The van der Waals surface area contributed by atoms with E-state index >= 15 is 0 Å². The van der Waals surface area contributed by atoms with Crippen LogP contribution < -0.4 is 10.5 Å². The first-order valence-electron chi connectivity index (χ1n) is 7.33. The van der Waals surface area contributed by atoms with Crippen LogP contribution in [-0.4, -0.2) is 0 Å². The van der Waals surface area contributed by atoms with E-state index in [0.29, 0.717) is 0 Å². The van der Waals surface area contributed by atoms with Crippen LogP contribution in [0.15, 0.2) is 66.7 Å². The molecular formula is C20H19NO.